The lowest BCUT2D eigenvalue weighted by Gasteiger charge is -2.07. The highest BCUT2D eigenvalue weighted by atomic mass is 32.2. The highest BCUT2D eigenvalue weighted by molar-refractivity contribution is 8.00. The van der Waals surface area contributed by atoms with Gasteiger partial charge in [-0.25, -0.2) is 0 Å². The van der Waals surface area contributed by atoms with Crippen LogP contribution in [0.1, 0.15) is 21.5 Å². The first-order valence-corrected chi connectivity index (χ1v) is 8.21. The van der Waals surface area contributed by atoms with Crippen LogP contribution in [0.4, 0.5) is 0 Å². The van der Waals surface area contributed by atoms with Gasteiger partial charge < -0.3 is 0 Å². The minimum absolute atomic E-state index is 0.166. The summed E-state index contributed by atoms with van der Waals surface area (Å²) in [6.07, 6.45) is 1.79. The molecule has 22 heavy (non-hydrogen) atoms. The highest BCUT2D eigenvalue weighted by Crippen LogP contribution is 2.27. The first-order valence-electron chi connectivity index (χ1n) is 7.22. The van der Waals surface area contributed by atoms with Crippen molar-refractivity contribution < 1.29 is 4.79 Å². The monoisotopic (exact) mass is 307 g/mol. The quantitative estimate of drug-likeness (QED) is 0.511. The second-order valence-corrected chi connectivity index (χ2v) is 6.38. The summed E-state index contributed by atoms with van der Waals surface area (Å²) in [6, 6.07) is 16.1. The Kier molecular flexibility index (Phi) is 4.25. The summed E-state index contributed by atoms with van der Waals surface area (Å²) >= 11 is 1.56. The number of benzene rings is 2. The van der Waals surface area contributed by atoms with Gasteiger partial charge in [-0.3, -0.25) is 9.78 Å². The summed E-state index contributed by atoms with van der Waals surface area (Å²) in [7, 11) is 0. The third-order valence-corrected chi connectivity index (χ3v) is 4.69. The molecule has 0 bridgehead atoms. The molecule has 0 aliphatic carbocycles. The van der Waals surface area contributed by atoms with Crippen molar-refractivity contribution in [2.45, 2.75) is 18.7 Å². The number of thioether (sulfide) groups is 1. The molecule has 2 aromatic carbocycles. The van der Waals surface area contributed by atoms with Gasteiger partial charge in [-0.15, -0.1) is 11.8 Å². The van der Waals surface area contributed by atoms with Gasteiger partial charge >= 0.3 is 0 Å². The van der Waals surface area contributed by atoms with E-state index in [0.29, 0.717) is 5.75 Å². The molecular weight excluding hydrogens is 290 g/mol. The molecule has 0 fully saturated rings. The standard InChI is InChI=1S/C19H17NOS/c1-13-8-9-14(2)16(11-13)17(21)12-22-18-7-3-5-15-6-4-10-20-19(15)18/h3-11H,12H2,1-2H3. The molecule has 0 aliphatic heterocycles. The van der Waals surface area contributed by atoms with Crippen molar-refractivity contribution in [2.75, 3.05) is 5.75 Å². The predicted octanol–water partition coefficient (Wildman–Crippen LogP) is 4.83. The average molecular weight is 307 g/mol. The van der Waals surface area contributed by atoms with Crippen molar-refractivity contribution in [1.29, 1.82) is 0 Å². The number of pyridine rings is 1. The summed E-state index contributed by atoms with van der Waals surface area (Å²) in [5, 5.41) is 1.10. The van der Waals surface area contributed by atoms with Gasteiger partial charge in [0.2, 0.25) is 0 Å². The largest absolute Gasteiger partial charge is 0.293 e. The van der Waals surface area contributed by atoms with Crippen LogP contribution >= 0.6 is 11.8 Å². The lowest BCUT2D eigenvalue weighted by atomic mass is 10.0. The molecule has 3 rings (SSSR count). The second kappa shape index (κ2) is 6.32. The Morgan fingerprint density at radius 2 is 1.91 bits per heavy atom. The van der Waals surface area contributed by atoms with Gasteiger partial charge in [0.1, 0.15) is 0 Å². The van der Waals surface area contributed by atoms with Gasteiger partial charge in [-0.2, -0.15) is 0 Å². The van der Waals surface area contributed by atoms with Crippen LogP contribution in [0.25, 0.3) is 10.9 Å². The molecule has 110 valence electrons. The minimum Gasteiger partial charge on any atom is -0.293 e. The Hall–Kier alpha value is -2.13. The number of para-hydroxylation sites is 1. The maximum Gasteiger partial charge on any atom is 0.173 e. The zero-order valence-corrected chi connectivity index (χ0v) is 13.5. The molecule has 3 heteroatoms. The van der Waals surface area contributed by atoms with Crippen molar-refractivity contribution in [3.05, 3.63) is 71.4 Å². The topological polar surface area (TPSA) is 30.0 Å². The Morgan fingerprint density at radius 1 is 1.09 bits per heavy atom. The van der Waals surface area contributed by atoms with Gasteiger partial charge in [0, 0.05) is 22.0 Å². The molecule has 3 aromatic rings. The van der Waals surface area contributed by atoms with Gasteiger partial charge in [0.15, 0.2) is 5.78 Å². The molecular formula is C19H17NOS. The first kappa shape index (κ1) is 14.8. The number of Topliss-reactive ketones (excluding diaryl/α,β-unsaturated/α-hetero) is 1. The van der Waals surface area contributed by atoms with Crippen LogP contribution in [0.5, 0.6) is 0 Å². The molecule has 0 N–H and O–H groups in total. The summed E-state index contributed by atoms with van der Waals surface area (Å²) in [5.41, 5.74) is 3.93. The van der Waals surface area contributed by atoms with E-state index in [0.717, 1.165) is 32.5 Å². The zero-order chi connectivity index (χ0) is 15.5. The van der Waals surface area contributed by atoms with Crippen LogP contribution in [-0.2, 0) is 0 Å². The fourth-order valence-corrected chi connectivity index (χ4v) is 3.37. The number of carbonyl (C=O) groups excluding carboxylic acids is 1. The van der Waals surface area contributed by atoms with Crippen LogP contribution < -0.4 is 0 Å². The molecule has 0 spiro atoms. The number of hydrogen-bond acceptors (Lipinski definition) is 3. The number of carbonyl (C=O) groups is 1. The molecule has 0 radical (unpaired) electrons. The van der Waals surface area contributed by atoms with Crippen molar-refractivity contribution in [2.24, 2.45) is 0 Å². The number of aryl methyl sites for hydroxylation is 2. The van der Waals surface area contributed by atoms with Crippen molar-refractivity contribution in [3.8, 4) is 0 Å². The lowest BCUT2D eigenvalue weighted by Crippen LogP contribution is -2.05. The Balaban J connectivity index is 1.82. The molecule has 0 aliphatic rings. The predicted molar refractivity (Wildman–Crippen MR) is 92.7 cm³/mol. The second-order valence-electron chi connectivity index (χ2n) is 5.36. The van der Waals surface area contributed by atoms with Crippen LogP contribution in [0.2, 0.25) is 0 Å². The van der Waals surface area contributed by atoms with Gasteiger partial charge in [-0.05, 0) is 37.6 Å². The molecule has 0 amide bonds. The molecule has 0 unspecified atom stereocenters. The van der Waals surface area contributed by atoms with Crippen LogP contribution in [0, 0.1) is 13.8 Å². The van der Waals surface area contributed by atoms with Crippen LogP contribution in [0.3, 0.4) is 0 Å². The maximum absolute atomic E-state index is 12.5. The van der Waals surface area contributed by atoms with E-state index in [4.69, 9.17) is 0 Å². The molecule has 1 heterocycles. The van der Waals surface area contributed by atoms with Crippen LogP contribution in [0.15, 0.2) is 59.6 Å². The number of rotatable bonds is 4. The zero-order valence-electron chi connectivity index (χ0n) is 12.7. The van der Waals surface area contributed by atoms with Crippen molar-refractivity contribution in [1.82, 2.24) is 4.98 Å². The molecule has 0 atom stereocenters. The highest BCUT2D eigenvalue weighted by Gasteiger charge is 2.11. The van der Waals surface area contributed by atoms with Gasteiger partial charge in [-0.1, -0.05) is 35.9 Å². The Morgan fingerprint density at radius 3 is 2.77 bits per heavy atom. The van der Waals surface area contributed by atoms with E-state index in [1.165, 1.54) is 0 Å². The lowest BCUT2D eigenvalue weighted by molar-refractivity contribution is 0.102. The van der Waals surface area contributed by atoms with E-state index in [2.05, 4.69) is 4.98 Å². The van der Waals surface area contributed by atoms with E-state index >= 15 is 0 Å². The number of hydrogen-bond donors (Lipinski definition) is 0. The molecule has 1 aromatic heterocycles. The minimum atomic E-state index is 0.166. The normalized spacial score (nSPS) is 10.8. The SMILES string of the molecule is Cc1ccc(C)c(C(=O)CSc2cccc3cccnc23)c1. The number of ketones is 1. The maximum atomic E-state index is 12.5. The Bertz CT molecular complexity index is 836. The fraction of sp³-hybridized carbons (Fsp3) is 0.158. The summed E-state index contributed by atoms with van der Waals surface area (Å²) in [4.78, 5) is 18.0. The molecule has 0 saturated carbocycles. The van der Waals surface area contributed by atoms with E-state index in [-0.39, 0.29) is 5.78 Å². The van der Waals surface area contributed by atoms with E-state index in [9.17, 15) is 4.79 Å². The molecule has 2 nitrogen and oxygen atoms in total. The van der Waals surface area contributed by atoms with E-state index < -0.39 is 0 Å². The van der Waals surface area contributed by atoms with E-state index in [1.807, 2.05) is 62.4 Å². The third-order valence-electron chi connectivity index (χ3n) is 3.65. The fourth-order valence-electron chi connectivity index (χ4n) is 2.45. The third kappa shape index (κ3) is 3.04. The Labute approximate surface area is 134 Å². The van der Waals surface area contributed by atoms with Crippen molar-refractivity contribution >= 4 is 28.4 Å². The summed E-state index contributed by atoms with van der Waals surface area (Å²) in [5.74, 6) is 0.596. The molecule has 0 saturated heterocycles. The summed E-state index contributed by atoms with van der Waals surface area (Å²) < 4.78 is 0. The number of fused-ring (bicyclic) bond motifs is 1. The smallest absolute Gasteiger partial charge is 0.173 e. The van der Waals surface area contributed by atoms with Gasteiger partial charge in [0.05, 0.1) is 11.3 Å². The number of nitrogens with zero attached hydrogens (tertiary/aromatic N) is 1. The average Bonchev–Trinajstić information content (AvgIpc) is 2.54. The van der Waals surface area contributed by atoms with Crippen molar-refractivity contribution in [3.63, 3.8) is 0 Å². The number of aromatic nitrogens is 1. The summed E-state index contributed by atoms with van der Waals surface area (Å²) in [6.45, 7) is 3.99. The van der Waals surface area contributed by atoms with E-state index in [1.54, 1.807) is 18.0 Å². The first-order chi connectivity index (χ1) is 10.6. The van der Waals surface area contributed by atoms with Gasteiger partial charge in [0.25, 0.3) is 0 Å². The van der Waals surface area contributed by atoms with Crippen LogP contribution in [-0.4, -0.2) is 16.5 Å².